The van der Waals surface area contributed by atoms with E-state index in [-0.39, 0.29) is 0 Å². The molecule has 0 amide bonds. The minimum Gasteiger partial charge on any atom is -0.497 e. The van der Waals surface area contributed by atoms with Crippen LogP contribution in [0, 0.1) is 0 Å². The molecule has 1 rings (SSSR count). The lowest BCUT2D eigenvalue weighted by atomic mass is 9.95. The van der Waals surface area contributed by atoms with Crippen molar-refractivity contribution < 1.29 is 23.8 Å². The first-order chi connectivity index (χ1) is 8.54. The van der Waals surface area contributed by atoms with Crippen LogP contribution in [0.15, 0.2) is 18.2 Å². The Labute approximate surface area is 106 Å². The van der Waals surface area contributed by atoms with Crippen LogP contribution in [0.3, 0.4) is 0 Å². The second-order valence-electron chi connectivity index (χ2n) is 3.69. The predicted octanol–water partition coefficient (Wildman–Crippen LogP) is 1.55. The van der Waals surface area contributed by atoms with Crippen molar-refractivity contribution in [2.75, 3.05) is 21.3 Å². The van der Waals surface area contributed by atoms with Crippen molar-refractivity contribution in [1.82, 2.24) is 0 Å². The molecule has 1 unspecified atom stereocenters. The lowest BCUT2D eigenvalue weighted by Crippen LogP contribution is -2.22. The highest BCUT2D eigenvalue weighted by atomic mass is 16.5. The highest BCUT2D eigenvalue weighted by molar-refractivity contribution is 6.35. The maximum absolute atomic E-state index is 11.8. The molecule has 0 saturated carbocycles. The topological polar surface area (TPSA) is 61.8 Å². The van der Waals surface area contributed by atoms with Gasteiger partial charge in [0.1, 0.15) is 11.5 Å². The molecule has 0 aromatic heterocycles. The van der Waals surface area contributed by atoms with E-state index in [1.807, 2.05) is 0 Å². The van der Waals surface area contributed by atoms with Crippen LogP contribution in [0.1, 0.15) is 18.4 Å². The molecule has 0 aliphatic carbocycles. The quantitative estimate of drug-likeness (QED) is 0.587. The molecule has 0 N–H and O–H groups in total. The Morgan fingerprint density at radius 1 is 1.11 bits per heavy atom. The molecule has 18 heavy (non-hydrogen) atoms. The fourth-order valence-corrected chi connectivity index (χ4v) is 1.60. The van der Waals surface area contributed by atoms with E-state index in [4.69, 9.17) is 9.47 Å². The zero-order valence-corrected chi connectivity index (χ0v) is 10.9. The summed E-state index contributed by atoms with van der Waals surface area (Å²) in [6, 6.07) is 5.08. The Morgan fingerprint density at radius 2 is 1.78 bits per heavy atom. The van der Waals surface area contributed by atoms with Crippen LogP contribution in [0.5, 0.6) is 11.5 Å². The Kier molecular flexibility index (Phi) is 4.71. The van der Waals surface area contributed by atoms with Gasteiger partial charge in [-0.2, -0.15) is 0 Å². The fraction of sp³-hybridized carbons (Fsp3) is 0.385. The number of Topliss-reactive ketones (excluding diaryl/α,β-unsaturated/α-hetero) is 1. The first-order valence-electron chi connectivity index (χ1n) is 5.39. The normalized spacial score (nSPS) is 11.6. The van der Waals surface area contributed by atoms with Gasteiger partial charge in [-0.1, -0.05) is 6.92 Å². The van der Waals surface area contributed by atoms with E-state index in [2.05, 4.69) is 4.74 Å². The Balaban J connectivity index is 3.13. The van der Waals surface area contributed by atoms with Crippen LogP contribution in [0.4, 0.5) is 0 Å². The number of benzene rings is 1. The fourth-order valence-electron chi connectivity index (χ4n) is 1.60. The van der Waals surface area contributed by atoms with Crippen molar-refractivity contribution in [3.63, 3.8) is 0 Å². The first kappa shape index (κ1) is 14.0. The lowest BCUT2D eigenvalue weighted by molar-refractivity contribution is -0.152. The maximum atomic E-state index is 11.8. The number of rotatable bonds is 5. The molecule has 0 aliphatic heterocycles. The van der Waals surface area contributed by atoms with Gasteiger partial charge in [0.05, 0.1) is 27.2 Å². The van der Waals surface area contributed by atoms with Gasteiger partial charge in [0.15, 0.2) is 0 Å². The lowest BCUT2D eigenvalue weighted by Gasteiger charge is -2.14. The first-order valence-corrected chi connectivity index (χ1v) is 5.39. The van der Waals surface area contributed by atoms with E-state index in [0.717, 1.165) is 0 Å². The van der Waals surface area contributed by atoms with Crippen molar-refractivity contribution in [2.24, 2.45) is 0 Å². The molecule has 0 saturated heterocycles. The number of ether oxygens (including phenoxy) is 3. The van der Waals surface area contributed by atoms with E-state index in [1.165, 1.54) is 21.3 Å². The number of carbonyl (C=O) groups excluding carboxylic acids is 2. The second kappa shape index (κ2) is 6.05. The monoisotopic (exact) mass is 252 g/mol. The Morgan fingerprint density at radius 3 is 2.28 bits per heavy atom. The van der Waals surface area contributed by atoms with Gasteiger partial charge in [0.25, 0.3) is 0 Å². The van der Waals surface area contributed by atoms with E-state index >= 15 is 0 Å². The number of methoxy groups -OCH3 is 3. The van der Waals surface area contributed by atoms with Crippen LogP contribution in [-0.4, -0.2) is 33.1 Å². The van der Waals surface area contributed by atoms with Gasteiger partial charge >= 0.3 is 5.97 Å². The molecule has 5 heteroatoms. The molecule has 0 radical (unpaired) electrons. The summed E-state index contributed by atoms with van der Waals surface area (Å²) < 4.78 is 14.7. The van der Waals surface area contributed by atoms with Gasteiger partial charge in [-0.05, 0) is 18.2 Å². The van der Waals surface area contributed by atoms with Crippen molar-refractivity contribution >= 4 is 11.8 Å². The van der Waals surface area contributed by atoms with E-state index in [0.29, 0.717) is 17.1 Å². The van der Waals surface area contributed by atoms with Gasteiger partial charge in [-0.25, -0.2) is 4.79 Å². The van der Waals surface area contributed by atoms with Crippen LogP contribution in [0.2, 0.25) is 0 Å². The summed E-state index contributed by atoms with van der Waals surface area (Å²) in [6.45, 7) is 1.62. The Hall–Kier alpha value is -2.04. The molecule has 1 atom stereocenters. The number of carbonyl (C=O) groups is 2. The van der Waals surface area contributed by atoms with Gasteiger partial charge in [0, 0.05) is 5.56 Å². The summed E-state index contributed by atoms with van der Waals surface area (Å²) in [5.41, 5.74) is 0.590. The summed E-state index contributed by atoms with van der Waals surface area (Å²) in [4.78, 5) is 23.0. The van der Waals surface area contributed by atoms with E-state index in [1.54, 1.807) is 25.1 Å². The molecule has 1 aromatic carbocycles. The highest BCUT2D eigenvalue weighted by Gasteiger charge is 2.26. The van der Waals surface area contributed by atoms with Gasteiger partial charge in [-0.3, -0.25) is 4.79 Å². The zero-order valence-electron chi connectivity index (χ0n) is 10.9. The van der Waals surface area contributed by atoms with Crippen molar-refractivity contribution in [3.05, 3.63) is 23.8 Å². The molecule has 5 nitrogen and oxygen atoms in total. The summed E-state index contributed by atoms with van der Waals surface area (Å²) in [6.07, 6.45) is 0. The third kappa shape index (κ3) is 2.80. The molecule has 0 fully saturated rings. The summed E-state index contributed by atoms with van der Waals surface area (Å²) >= 11 is 0. The second-order valence-corrected chi connectivity index (χ2v) is 3.69. The average molecular weight is 252 g/mol. The van der Waals surface area contributed by atoms with E-state index in [9.17, 15) is 9.59 Å². The van der Waals surface area contributed by atoms with Gasteiger partial charge < -0.3 is 14.2 Å². The summed E-state index contributed by atoms with van der Waals surface area (Å²) in [5, 5.41) is 0. The molecule has 0 spiro atoms. The van der Waals surface area contributed by atoms with Crippen LogP contribution in [0.25, 0.3) is 0 Å². The maximum Gasteiger partial charge on any atom is 0.374 e. The largest absolute Gasteiger partial charge is 0.497 e. The minimum absolute atomic E-state index is 0.528. The van der Waals surface area contributed by atoms with Crippen molar-refractivity contribution in [2.45, 2.75) is 12.8 Å². The van der Waals surface area contributed by atoms with Crippen LogP contribution >= 0.6 is 0 Å². The highest BCUT2D eigenvalue weighted by Crippen LogP contribution is 2.31. The predicted molar refractivity (Wildman–Crippen MR) is 65.0 cm³/mol. The van der Waals surface area contributed by atoms with Gasteiger partial charge in [-0.15, -0.1) is 0 Å². The molecule has 0 heterocycles. The molecular weight excluding hydrogens is 236 g/mol. The molecule has 0 aliphatic rings. The summed E-state index contributed by atoms with van der Waals surface area (Å²) in [5.74, 6) is -1.02. The minimum atomic E-state index is -0.868. The number of esters is 1. The molecule has 98 valence electrons. The van der Waals surface area contributed by atoms with E-state index < -0.39 is 17.7 Å². The number of hydrogen-bond acceptors (Lipinski definition) is 5. The molecule has 0 bridgehead atoms. The average Bonchev–Trinajstić information content (AvgIpc) is 2.43. The zero-order chi connectivity index (χ0) is 13.7. The van der Waals surface area contributed by atoms with Gasteiger partial charge in [0.2, 0.25) is 5.78 Å². The van der Waals surface area contributed by atoms with Crippen molar-refractivity contribution in [1.29, 1.82) is 0 Å². The summed E-state index contributed by atoms with van der Waals surface area (Å²) in [7, 11) is 4.20. The van der Waals surface area contributed by atoms with Crippen LogP contribution in [-0.2, 0) is 14.3 Å². The van der Waals surface area contributed by atoms with Crippen LogP contribution < -0.4 is 9.47 Å². The van der Waals surface area contributed by atoms with Crippen molar-refractivity contribution in [3.8, 4) is 11.5 Å². The third-order valence-electron chi connectivity index (χ3n) is 2.68. The number of hydrogen-bond donors (Lipinski definition) is 0. The number of ketones is 1. The molecule has 1 aromatic rings. The SMILES string of the molecule is COC(=O)C(=O)C(C)c1cc(OC)ccc1OC. The standard InChI is InChI=1S/C13H16O5/c1-8(12(14)13(15)18-4)10-7-9(16-2)5-6-11(10)17-3/h5-8H,1-4H3. The third-order valence-corrected chi connectivity index (χ3v) is 2.68. The Bertz CT molecular complexity index is 453. The molecular formula is C13H16O5. The smallest absolute Gasteiger partial charge is 0.374 e.